The van der Waals surface area contributed by atoms with E-state index in [4.69, 9.17) is 10.5 Å². The summed E-state index contributed by atoms with van der Waals surface area (Å²) in [5.74, 6) is 0. The summed E-state index contributed by atoms with van der Waals surface area (Å²) in [6, 6.07) is 7.46. The summed E-state index contributed by atoms with van der Waals surface area (Å²) in [6.07, 6.45) is 0.310. The fourth-order valence-corrected chi connectivity index (χ4v) is 2.06. The highest BCUT2D eigenvalue weighted by Crippen LogP contribution is 2.19. The van der Waals surface area contributed by atoms with E-state index in [0.29, 0.717) is 5.69 Å². The van der Waals surface area contributed by atoms with E-state index < -0.39 is 6.10 Å². The molecule has 3 N–H and O–H groups in total. The largest absolute Gasteiger partial charge is 0.399 e. The van der Waals surface area contributed by atoms with Crippen LogP contribution in [0.1, 0.15) is 18.1 Å². The molecule has 2 rings (SSSR count). The Balaban J connectivity index is 1.82. The SMILES string of the molecule is Nc1cccc(C(O)CCN2CCOCC2)c1. The van der Waals surface area contributed by atoms with Crippen LogP contribution in [0.3, 0.4) is 0 Å². The van der Waals surface area contributed by atoms with E-state index in [0.717, 1.165) is 44.8 Å². The van der Waals surface area contributed by atoms with Gasteiger partial charge >= 0.3 is 0 Å². The van der Waals surface area contributed by atoms with Crippen molar-refractivity contribution in [2.24, 2.45) is 0 Å². The van der Waals surface area contributed by atoms with Crippen molar-refractivity contribution >= 4 is 5.69 Å². The van der Waals surface area contributed by atoms with E-state index in [1.165, 1.54) is 0 Å². The maximum absolute atomic E-state index is 10.1. The van der Waals surface area contributed by atoms with Crippen molar-refractivity contribution in [3.05, 3.63) is 29.8 Å². The topological polar surface area (TPSA) is 58.7 Å². The van der Waals surface area contributed by atoms with E-state index in [-0.39, 0.29) is 0 Å². The second-order valence-corrected chi connectivity index (χ2v) is 4.43. The number of hydrogen-bond donors (Lipinski definition) is 2. The fourth-order valence-electron chi connectivity index (χ4n) is 2.06. The first kappa shape index (κ1) is 12.4. The number of aliphatic hydroxyl groups is 1. The lowest BCUT2D eigenvalue weighted by atomic mass is 10.1. The van der Waals surface area contributed by atoms with Crippen LogP contribution in [0.2, 0.25) is 0 Å². The van der Waals surface area contributed by atoms with Crippen molar-refractivity contribution in [2.45, 2.75) is 12.5 Å². The molecule has 1 aromatic carbocycles. The van der Waals surface area contributed by atoms with Crippen LogP contribution >= 0.6 is 0 Å². The molecule has 1 atom stereocenters. The van der Waals surface area contributed by atoms with E-state index in [1.807, 2.05) is 24.3 Å². The molecule has 1 unspecified atom stereocenters. The number of ether oxygens (including phenoxy) is 1. The Labute approximate surface area is 102 Å². The van der Waals surface area contributed by atoms with Gasteiger partial charge in [-0.1, -0.05) is 12.1 Å². The van der Waals surface area contributed by atoms with Gasteiger partial charge in [0.05, 0.1) is 19.3 Å². The van der Waals surface area contributed by atoms with Gasteiger partial charge in [0, 0.05) is 25.3 Å². The third kappa shape index (κ3) is 3.70. The zero-order chi connectivity index (χ0) is 12.1. The van der Waals surface area contributed by atoms with Crippen molar-refractivity contribution in [1.29, 1.82) is 0 Å². The van der Waals surface area contributed by atoms with Crippen LogP contribution < -0.4 is 5.73 Å². The van der Waals surface area contributed by atoms with Crippen LogP contribution in [-0.4, -0.2) is 42.9 Å². The van der Waals surface area contributed by atoms with Crippen molar-refractivity contribution in [1.82, 2.24) is 4.90 Å². The molecule has 1 aromatic rings. The summed E-state index contributed by atoms with van der Waals surface area (Å²) >= 11 is 0. The first-order valence-corrected chi connectivity index (χ1v) is 6.09. The van der Waals surface area contributed by atoms with Gasteiger partial charge in [0.1, 0.15) is 0 Å². The van der Waals surface area contributed by atoms with Gasteiger partial charge in [-0.3, -0.25) is 4.90 Å². The summed E-state index contributed by atoms with van der Waals surface area (Å²) in [5.41, 5.74) is 7.30. The average Bonchev–Trinajstić information content (AvgIpc) is 2.37. The molecule has 0 amide bonds. The second kappa shape index (κ2) is 6.00. The summed E-state index contributed by atoms with van der Waals surface area (Å²) < 4.78 is 5.29. The Bertz CT molecular complexity index is 351. The predicted octanol–water partition coefficient (Wildman–Crippen LogP) is 1.02. The minimum absolute atomic E-state index is 0.429. The molecular formula is C13H20N2O2. The van der Waals surface area contributed by atoms with Crippen molar-refractivity contribution in [3.63, 3.8) is 0 Å². The molecule has 94 valence electrons. The van der Waals surface area contributed by atoms with Crippen LogP contribution in [0.15, 0.2) is 24.3 Å². The number of morpholine rings is 1. The standard InChI is InChI=1S/C13H20N2O2/c14-12-3-1-2-11(10-12)13(16)4-5-15-6-8-17-9-7-15/h1-3,10,13,16H,4-9,14H2. The van der Waals surface area contributed by atoms with Gasteiger partial charge in [-0.2, -0.15) is 0 Å². The summed E-state index contributed by atoms with van der Waals surface area (Å²) in [4.78, 5) is 2.32. The van der Waals surface area contributed by atoms with Gasteiger partial charge in [-0.25, -0.2) is 0 Å². The molecule has 0 spiro atoms. The lowest BCUT2D eigenvalue weighted by Crippen LogP contribution is -2.37. The quantitative estimate of drug-likeness (QED) is 0.766. The summed E-state index contributed by atoms with van der Waals surface area (Å²) in [6.45, 7) is 4.43. The first-order chi connectivity index (χ1) is 8.25. The Morgan fingerprint density at radius 1 is 1.35 bits per heavy atom. The minimum Gasteiger partial charge on any atom is -0.399 e. The Kier molecular flexibility index (Phi) is 4.36. The Morgan fingerprint density at radius 2 is 2.12 bits per heavy atom. The van der Waals surface area contributed by atoms with Gasteiger partial charge in [-0.15, -0.1) is 0 Å². The fraction of sp³-hybridized carbons (Fsp3) is 0.538. The highest BCUT2D eigenvalue weighted by Gasteiger charge is 2.13. The van der Waals surface area contributed by atoms with Crippen molar-refractivity contribution in [2.75, 3.05) is 38.6 Å². The van der Waals surface area contributed by atoms with Crippen LogP contribution in [0.5, 0.6) is 0 Å². The molecule has 0 aliphatic carbocycles. The van der Waals surface area contributed by atoms with Crippen molar-refractivity contribution in [3.8, 4) is 0 Å². The third-order valence-corrected chi connectivity index (χ3v) is 3.12. The number of rotatable bonds is 4. The van der Waals surface area contributed by atoms with Gasteiger partial charge in [0.15, 0.2) is 0 Å². The lowest BCUT2D eigenvalue weighted by Gasteiger charge is -2.27. The first-order valence-electron chi connectivity index (χ1n) is 6.09. The zero-order valence-electron chi connectivity index (χ0n) is 10.0. The van der Waals surface area contributed by atoms with E-state index in [1.54, 1.807) is 0 Å². The van der Waals surface area contributed by atoms with Crippen LogP contribution in [0.4, 0.5) is 5.69 Å². The monoisotopic (exact) mass is 236 g/mol. The maximum atomic E-state index is 10.1. The van der Waals surface area contributed by atoms with Crippen LogP contribution in [-0.2, 0) is 4.74 Å². The third-order valence-electron chi connectivity index (χ3n) is 3.12. The number of nitrogen functional groups attached to an aromatic ring is 1. The highest BCUT2D eigenvalue weighted by molar-refractivity contribution is 5.41. The predicted molar refractivity (Wildman–Crippen MR) is 67.7 cm³/mol. The van der Waals surface area contributed by atoms with Crippen LogP contribution in [0.25, 0.3) is 0 Å². The summed E-state index contributed by atoms with van der Waals surface area (Å²) in [7, 11) is 0. The normalized spacial score (nSPS) is 19.1. The molecule has 4 nitrogen and oxygen atoms in total. The van der Waals surface area contributed by atoms with E-state index >= 15 is 0 Å². The van der Waals surface area contributed by atoms with E-state index in [9.17, 15) is 5.11 Å². The molecule has 0 bridgehead atoms. The maximum Gasteiger partial charge on any atom is 0.0803 e. The number of aliphatic hydroxyl groups excluding tert-OH is 1. The van der Waals surface area contributed by atoms with Crippen molar-refractivity contribution < 1.29 is 9.84 Å². The van der Waals surface area contributed by atoms with Gasteiger partial charge < -0.3 is 15.6 Å². The molecule has 1 saturated heterocycles. The number of anilines is 1. The average molecular weight is 236 g/mol. The number of hydrogen-bond acceptors (Lipinski definition) is 4. The van der Waals surface area contributed by atoms with E-state index in [2.05, 4.69) is 4.90 Å². The van der Waals surface area contributed by atoms with Gasteiger partial charge in [0.2, 0.25) is 0 Å². The van der Waals surface area contributed by atoms with Gasteiger partial charge in [-0.05, 0) is 24.1 Å². The number of benzene rings is 1. The zero-order valence-corrected chi connectivity index (χ0v) is 10.0. The minimum atomic E-state index is -0.429. The Hall–Kier alpha value is -1.10. The Morgan fingerprint density at radius 3 is 2.82 bits per heavy atom. The molecule has 17 heavy (non-hydrogen) atoms. The molecule has 0 saturated carbocycles. The molecule has 0 aromatic heterocycles. The van der Waals surface area contributed by atoms with Crippen LogP contribution in [0, 0.1) is 0 Å². The second-order valence-electron chi connectivity index (χ2n) is 4.43. The molecule has 1 aliphatic heterocycles. The molecule has 1 heterocycles. The summed E-state index contributed by atoms with van der Waals surface area (Å²) in [5, 5.41) is 10.1. The highest BCUT2D eigenvalue weighted by atomic mass is 16.5. The smallest absolute Gasteiger partial charge is 0.0803 e. The molecule has 4 heteroatoms. The lowest BCUT2D eigenvalue weighted by molar-refractivity contribution is 0.0300. The molecule has 1 fully saturated rings. The number of nitrogens with zero attached hydrogens (tertiary/aromatic N) is 1. The molecule has 1 aliphatic rings. The molecular weight excluding hydrogens is 216 g/mol. The number of nitrogens with two attached hydrogens (primary N) is 1. The molecule has 0 radical (unpaired) electrons. The van der Waals surface area contributed by atoms with Gasteiger partial charge in [0.25, 0.3) is 0 Å².